The molecule has 1 aromatic carbocycles. The molecule has 2 aromatic rings. The van der Waals surface area contributed by atoms with E-state index in [2.05, 4.69) is 5.32 Å². The lowest BCUT2D eigenvalue weighted by molar-refractivity contribution is 0.263. The van der Waals surface area contributed by atoms with Gasteiger partial charge in [-0.05, 0) is 24.3 Å². The van der Waals surface area contributed by atoms with Gasteiger partial charge in [0.15, 0.2) is 5.75 Å². The first-order chi connectivity index (χ1) is 8.69. The lowest BCUT2D eigenvalue weighted by Crippen LogP contribution is -2.03. The second-order valence-electron chi connectivity index (χ2n) is 3.66. The van der Waals surface area contributed by atoms with Crippen molar-refractivity contribution in [2.75, 3.05) is 12.4 Å². The first-order valence-electron chi connectivity index (χ1n) is 5.40. The Kier molecular flexibility index (Phi) is 3.52. The van der Waals surface area contributed by atoms with Gasteiger partial charge in [0.2, 0.25) is 5.43 Å². The van der Waals surface area contributed by atoms with Crippen molar-refractivity contribution in [3.05, 3.63) is 52.6 Å². The van der Waals surface area contributed by atoms with Crippen molar-refractivity contribution < 1.29 is 14.3 Å². The van der Waals surface area contributed by atoms with E-state index in [9.17, 15) is 4.79 Å². The summed E-state index contributed by atoms with van der Waals surface area (Å²) >= 11 is 0. The predicted molar refractivity (Wildman–Crippen MR) is 67.0 cm³/mol. The van der Waals surface area contributed by atoms with Gasteiger partial charge in [0.1, 0.15) is 24.4 Å². The Bertz CT molecular complexity index is 574. The molecular weight excluding hydrogens is 234 g/mol. The lowest BCUT2D eigenvalue weighted by Gasteiger charge is -2.06. The van der Waals surface area contributed by atoms with E-state index in [0.717, 1.165) is 12.0 Å². The average Bonchev–Trinajstić information content (AvgIpc) is 2.41. The molecule has 2 rings (SSSR count). The van der Waals surface area contributed by atoms with Crippen molar-refractivity contribution in [1.82, 2.24) is 0 Å². The van der Waals surface area contributed by atoms with Gasteiger partial charge in [-0.2, -0.15) is 0 Å². The second kappa shape index (κ2) is 5.27. The Morgan fingerprint density at radius 3 is 2.67 bits per heavy atom. The van der Waals surface area contributed by atoms with E-state index < -0.39 is 11.2 Å². The second-order valence-corrected chi connectivity index (χ2v) is 3.66. The summed E-state index contributed by atoms with van der Waals surface area (Å²) in [7, 11) is 1.83. The zero-order valence-corrected chi connectivity index (χ0v) is 9.84. The highest BCUT2D eigenvalue weighted by Gasteiger charge is 2.02. The topological polar surface area (TPSA) is 71.7 Å². The fourth-order valence-electron chi connectivity index (χ4n) is 1.39. The molecule has 5 heteroatoms. The maximum Gasteiger partial charge on any atom is 0.226 e. The summed E-state index contributed by atoms with van der Waals surface area (Å²) in [5.74, 6) is 0.623. The van der Waals surface area contributed by atoms with Crippen LogP contribution in [-0.4, -0.2) is 12.2 Å². The number of ether oxygens (including phenoxy) is 1. The molecule has 1 heterocycles. The van der Waals surface area contributed by atoms with Crippen LogP contribution in [0.3, 0.4) is 0 Å². The number of benzene rings is 1. The summed E-state index contributed by atoms with van der Waals surface area (Å²) in [6.07, 6.45) is 1.01. The number of hydrogen-bond acceptors (Lipinski definition) is 5. The molecule has 0 amide bonds. The zero-order chi connectivity index (χ0) is 13.0. The smallest absolute Gasteiger partial charge is 0.226 e. The summed E-state index contributed by atoms with van der Waals surface area (Å²) in [4.78, 5) is 11.2. The molecule has 94 valence electrons. The third-order valence-corrected chi connectivity index (χ3v) is 2.39. The van der Waals surface area contributed by atoms with Gasteiger partial charge < -0.3 is 19.6 Å². The van der Waals surface area contributed by atoms with Gasteiger partial charge in [0, 0.05) is 18.8 Å². The van der Waals surface area contributed by atoms with Crippen molar-refractivity contribution in [2.24, 2.45) is 0 Å². The van der Waals surface area contributed by atoms with Crippen LogP contribution in [0.15, 0.2) is 45.8 Å². The molecule has 0 spiro atoms. The number of nitrogens with one attached hydrogen (secondary N) is 1. The largest absolute Gasteiger partial charge is 0.502 e. The van der Waals surface area contributed by atoms with Crippen LogP contribution in [0.2, 0.25) is 0 Å². The van der Waals surface area contributed by atoms with E-state index in [0.29, 0.717) is 11.5 Å². The van der Waals surface area contributed by atoms with E-state index in [4.69, 9.17) is 14.3 Å². The monoisotopic (exact) mass is 247 g/mol. The van der Waals surface area contributed by atoms with E-state index >= 15 is 0 Å². The van der Waals surface area contributed by atoms with Crippen molar-refractivity contribution >= 4 is 5.69 Å². The van der Waals surface area contributed by atoms with E-state index in [-0.39, 0.29) is 6.61 Å². The van der Waals surface area contributed by atoms with E-state index in [1.165, 1.54) is 6.07 Å². The normalized spacial score (nSPS) is 10.1. The summed E-state index contributed by atoms with van der Waals surface area (Å²) in [5, 5.41) is 12.0. The van der Waals surface area contributed by atoms with Crippen LogP contribution in [0.5, 0.6) is 11.5 Å². The van der Waals surface area contributed by atoms with Gasteiger partial charge >= 0.3 is 0 Å². The predicted octanol–water partition coefficient (Wildman–Crippen LogP) is 1.97. The van der Waals surface area contributed by atoms with Crippen LogP contribution >= 0.6 is 0 Å². The minimum absolute atomic E-state index is 0.133. The SMILES string of the molecule is CNc1ccc(OCc2cc(=O)c(O)co2)cc1. The maximum absolute atomic E-state index is 11.2. The molecule has 0 saturated carbocycles. The first-order valence-corrected chi connectivity index (χ1v) is 5.40. The molecule has 0 unspecified atom stereocenters. The van der Waals surface area contributed by atoms with Crippen molar-refractivity contribution in [1.29, 1.82) is 0 Å². The molecule has 0 aliphatic rings. The highest BCUT2D eigenvalue weighted by atomic mass is 16.5. The highest BCUT2D eigenvalue weighted by Crippen LogP contribution is 2.16. The molecule has 2 N–H and O–H groups in total. The van der Waals surface area contributed by atoms with E-state index in [1.54, 1.807) is 0 Å². The van der Waals surface area contributed by atoms with Crippen molar-refractivity contribution in [2.45, 2.75) is 6.61 Å². The standard InChI is InChI=1S/C13H13NO4/c1-14-9-2-4-10(5-3-9)17-7-11-6-12(15)13(16)8-18-11/h2-6,8,14,16H,7H2,1H3. The zero-order valence-electron chi connectivity index (χ0n) is 9.84. The number of aromatic hydroxyl groups is 1. The van der Waals surface area contributed by atoms with Gasteiger partial charge in [0.05, 0.1) is 0 Å². The van der Waals surface area contributed by atoms with Crippen LogP contribution in [0.1, 0.15) is 5.76 Å². The Balaban J connectivity index is 2.02. The minimum atomic E-state index is -0.481. The average molecular weight is 247 g/mol. The molecule has 0 radical (unpaired) electrons. The molecule has 0 saturated heterocycles. The Morgan fingerprint density at radius 2 is 2.06 bits per heavy atom. The van der Waals surface area contributed by atoms with Crippen LogP contribution < -0.4 is 15.5 Å². The number of hydrogen-bond donors (Lipinski definition) is 2. The molecule has 0 fully saturated rings. The van der Waals surface area contributed by atoms with Gasteiger partial charge in [-0.3, -0.25) is 4.79 Å². The Morgan fingerprint density at radius 1 is 1.33 bits per heavy atom. The molecule has 5 nitrogen and oxygen atoms in total. The molecule has 1 aromatic heterocycles. The summed E-state index contributed by atoms with van der Waals surface area (Å²) in [6, 6.07) is 8.58. The number of anilines is 1. The van der Waals surface area contributed by atoms with Crippen LogP contribution in [-0.2, 0) is 6.61 Å². The summed E-state index contributed by atoms with van der Waals surface area (Å²) in [5.41, 5.74) is 0.504. The Labute approximate surface area is 104 Å². The summed E-state index contributed by atoms with van der Waals surface area (Å²) < 4.78 is 10.5. The van der Waals surface area contributed by atoms with Gasteiger partial charge in [-0.1, -0.05) is 0 Å². The maximum atomic E-state index is 11.2. The fraction of sp³-hybridized carbons (Fsp3) is 0.154. The van der Waals surface area contributed by atoms with Crippen LogP contribution in [0.4, 0.5) is 5.69 Å². The summed E-state index contributed by atoms with van der Waals surface area (Å²) in [6.45, 7) is 0.133. The van der Waals surface area contributed by atoms with Gasteiger partial charge in [-0.15, -0.1) is 0 Å². The highest BCUT2D eigenvalue weighted by molar-refractivity contribution is 5.45. The van der Waals surface area contributed by atoms with Gasteiger partial charge in [0.25, 0.3) is 0 Å². The molecule has 0 aliphatic heterocycles. The number of rotatable bonds is 4. The molecular formula is C13H13NO4. The molecule has 0 aliphatic carbocycles. The molecule has 0 bridgehead atoms. The minimum Gasteiger partial charge on any atom is -0.502 e. The van der Waals surface area contributed by atoms with Crippen molar-refractivity contribution in [3.8, 4) is 11.5 Å². The first kappa shape index (κ1) is 12.0. The fourth-order valence-corrected chi connectivity index (χ4v) is 1.39. The Hall–Kier alpha value is -2.43. The van der Waals surface area contributed by atoms with Gasteiger partial charge in [-0.25, -0.2) is 0 Å². The third-order valence-electron chi connectivity index (χ3n) is 2.39. The van der Waals surface area contributed by atoms with E-state index in [1.807, 2.05) is 31.3 Å². The third kappa shape index (κ3) is 2.82. The molecule has 0 atom stereocenters. The molecule has 18 heavy (non-hydrogen) atoms. The van der Waals surface area contributed by atoms with Crippen molar-refractivity contribution in [3.63, 3.8) is 0 Å². The van der Waals surface area contributed by atoms with Crippen LogP contribution in [0.25, 0.3) is 0 Å². The quantitative estimate of drug-likeness (QED) is 0.864. The lowest BCUT2D eigenvalue weighted by atomic mass is 10.3. The van der Waals surface area contributed by atoms with Crippen LogP contribution in [0, 0.1) is 0 Å².